The Morgan fingerprint density at radius 2 is 2.23 bits per heavy atom. The highest BCUT2D eigenvalue weighted by Crippen LogP contribution is 2.12. The predicted octanol–water partition coefficient (Wildman–Crippen LogP) is 2.15. The average Bonchev–Trinajstić information content (AvgIpc) is 2.57. The van der Waals surface area contributed by atoms with Gasteiger partial charge in [-0.05, 0) is 12.1 Å². The Labute approximate surface area is 76.0 Å². The van der Waals surface area contributed by atoms with Gasteiger partial charge < -0.3 is 9.82 Å². The lowest BCUT2D eigenvalue weighted by Crippen LogP contribution is -1.79. The Hall–Kier alpha value is -1.77. The van der Waals surface area contributed by atoms with Crippen molar-refractivity contribution in [2.45, 2.75) is 0 Å². The summed E-state index contributed by atoms with van der Waals surface area (Å²) in [6, 6.07) is 10.1. The Morgan fingerprint density at radius 1 is 1.38 bits per heavy atom. The Bertz CT molecular complexity index is 398. The summed E-state index contributed by atoms with van der Waals surface area (Å²) in [7, 11) is 1.53. The van der Waals surface area contributed by atoms with Gasteiger partial charge in [-0.2, -0.15) is 0 Å². The number of hydrogen-bond acceptors (Lipinski definition) is 2. The van der Waals surface area contributed by atoms with Gasteiger partial charge in [-0.25, -0.2) is 0 Å². The number of H-pyrrole nitrogens is 1. The summed E-state index contributed by atoms with van der Waals surface area (Å²) in [5.41, 5.74) is 2.06. The molecule has 0 fully saturated rings. The van der Waals surface area contributed by atoms with Crippen LogP contribution in [0, 0.1) is 0 Å². The summed E-state index contributed by atoms with van der Waals surface area (Å²) in [6.07, 6.45) is 1.65. The van der Waals surface area contributed by atoms with Crippen LogP contribution < -0.4 is 0 Å². The number of nitrogens with one attached hydrogen (secondary N) is 1. The minimum Gasteiger partial charge on any atom is -0.399 e. The average molecular weight is 174 g/mol. The molecule has 0 aliphatic rings. The number of fused-ring (bicyclic) bond motifs is 1. The molecule has 1 aromatic heterocycles. The van der Waals surface area contributed by atoms with Crippen LogP contribution in [0.3, 0.4) is 0 Å². The molecule has 0 atom stereocenters. The summed E-state index contributed by atoms with van der Waals surface area (Å²) >= 11 is 0. The first-order valence-electron chi connectivity index (χ1n) is 4.04. The summed E-state index contributed by atoms with van der Waals surface area (Å²) in [6.45, 7) is 0. The van der Waals surface area contributed by atoms with E-state index in [0.29, 0.717) is 0 Å². The second-order valence-electron chi connectivity index (χ2n) is 2.73. The minimum absolute atomic E-state index is 0.947. The lowest BCUT2D eigenvalue weighted by molar-refractivity contribution is 0.215. The molecule has 2 rings (SSSR count). The molecule has 0 amide bonds. The number of benzene rings is 1. The number of aromatic nitrogens is 1. The zero-order valence-electron chi connectivity index (χ0n) is 7.32. The zero-order chi connectivity index (χ0) is 9.10. The van der Waals surface area contributed by atoms with Crippen LogP contribution in [0.5, 0.6) is 0 Å². The van der Waals surface area contributed by atoms with Crippen LogP contribution in [0.15, 0.2) is 35.5 Å². The first kappa shape index (κ1) is 7.86. The first-order valence-corrected chi connectivity index (χ1v) is 4.04. The fourth-order valence-electron chi connectivity index (χ4n) is 1.27. The molecule has 2 aromatic rings. The summed E-state index contributed by atoms with van der Waals surface area (Å²) < 4.78 is 0. The van der Waals surface area contributed by atoms with E-state index in [4.69, 9.17) is 0 Å². The van der Waals surface area contributed by atoms with Crippen LogP contribution >= 0.6 is 0 Å². The van der Waals surface area contributed by atoms with Gasteiger partial charge in [-0.15, -0.1) is 0 Å². The van der Waals surface area contributed by atoms with Gasteiger partial charge in [0.2, 0.25) is 0 Å². The summed E-state index contributed by atoms with van der Waals surface area (Å²) in [5, 5.41) is 4.86. The van der Waals surface area contributed by atoms with Crippen LogP contribution in [-0.2, 0) is 4.84 Å². The normalized spacial score (nSPS) is 11.2. The molecule has 1 N–H and O–H groups in total. The van der Waals surface area contributed by atoms with Crippen molar-refractivity contribution in [3.05, 3.63) is 36.0 Å². The molecule has 3 nitrogen and oxygen atoms in total. The molecule has 0 aliphatic heterocycles. The van der Waals surface area contributed by atoms with E-state index in [1.54, 1.807) is 6.21 Å². The fraction of sp³-hybridized carbons (Fsp3) is 0.100. The minimum atomic E-state index is 0.947. The molecule has 3 heteroatoms. The van der Waals surface area contributed by atoms with Gasteiger partial charge in [0, 0.05) is 10.9 Å². The van der Waals surface area contributed by atoms with E-state index in [1.165, 1.54) is 12.5 Å². The van der Waals surface area contributed by atoms with Crippen LogP contribution in [0.4, 0.5) is 0 Å². The van der Waals surface area contributed by atoms with Crippen LogP contribution in [0.1, 0.15) is 5.69 Å². The van der Waals surface area contributed by atoms with E-state index in [1.807, 2.05) is 24.3 Å². The third-order valence-electron chi connectivity index (χ3n) is 1.85. The number of nitrogens with zero attached hydrogens (tertiary/aromatic N) is 1. The molecule has 1 heterocycles. The van der Waals surface area contributed by atoms with Crippen molar-refractivity contribution in [3.63, 3.8) is 0 Å². The second-order valence-corrected chi connectivity index (χ2v) is 2.73. The van der Waals surface area contributed by atoms with E-state index >= 15 is 0 Å². The second kappa shape index (κ2) is 3.31. The summed E-state index contributed by atoms with van der Waals surface area (Å²) in [5.74, 6) is 0. The van der Waals surface area contributed by atoms with Crippen LogP contribution in [-0.4, -0.2) is 18.3 Å². The van der Waals surface area contributed by atoms with Crippen molar-refractivity contribution < 1.29 is 4.84 Å². The monoisotopic (exact) mass is 174 g/mol. The van der Waals surface area contributed by atoms with Crippen molar-refractivity contribution in [2.75, 3.05) is 7.11 Å². The number of hydrogen-bond donors (Lipinski definition) is 1. The van der Waals surface area contributed by atoms with Crippen LogP contribution in [0.25, 0.3) is 10.9 Å². The summed E-state index contributed by atoms with van der Waals surface area (Å²) in [4.78, 5) is 7.79. The van der Waals surface area contributed by atoms with E-state index in [-0.39, 0.29) is 0 Å². The highest BCUT2D eigenvalue weighted by molar-refractivity contribution is 5.89. The quantitative estimate of drug-likeness (QED) is 0.549. The highest BCUT2D eigenvalue weighted by Gasteiger charge is 1.95. The van der Waals surface area contributed by atoms with E-state index in [2.05, 4.69) is 21.0 Å². The Kier molecular flexibility index (Phi) is 2.00. The van der Waals surface area contributed by atoms with Gasteiger partial charge >= 0.3 is 0 Å². The molecule has 66 valence electrons. The molecule has 1 aromatic carbocycles. The standard InChI is InChI=1S/C10H10N2O/c1-13-11-7-9-6-8-4-2-3-5-10(8)12-9/h2-7,12H,1H3/b11-7+. The first-order chi connectivity index (χ1) is 6.40. The molecular formula is C10H10N2O. The van der Waals surface area contributed by atoms with Crippen molar-refractivity contribution in [3.8, 4) is 0 Å². The lowest BCUT2D eigenvalue weighted by Gasteiger charge is -1.84. The molecule has 0 spiro atoms. The maximum absolute atomic E-state index is 4.59. The largest absolute Gasteiger partial charge is 0.399 e. The molecule has 13 heavy (non-hydrogen) atoms. The third kappa shape index (κ3) is 1.54. The topological polar surface area (TPSA) is 37.4 Å². The van der Waals surface area contributed by atoms with Gasteiger partial charge in [-0.1, -0.05) is 23.4 Å². The molecule has 0 saturated carbocycles. The lowest BCUT2D eigenvalue weighted by atomic mass is 10.2. The molecule has 0 aliphatic carbocycles. The number of rotatable bonds is 2. The number of oxime groups is 1. The van der Waals surface area contributed by atoms with Gasteiger partial charge in [0.1, 0.15) is 7.11 Å². The third-order valence-corrected chi connectivity index (χ3v) is 1.85. The number of para-hydroxylation sites is 1. The van der Waals surface area contributed by atoms with Crippen molar-refractivity contribution in [1.29, 1.82) is 0 Å². The van der Waals surface area contributed by atoms with Crippen molar-refractivity contribution in [2.24, 2.45) is 5.16 Å². The van der Waals surface area contributed by atoms with Crippen molar-refractivity contribution >= 4 is 17.1 Å². The molecule has 0 unspecified atom stereocenters. The van der Waals surface area contributed by atoms with Gasteiger partial charge in [0.25, 0.3) is 0 Å². The molecule has 0 radical (unpaired) electrons. The molecular weight excluding hydrogens is 164 g/mol. The fourth-order valence-corrected chi connectivity index (χ4v) is 1.27. The van der Waals surface area contributed by atoms with Gasteiger partial charge in [0.15, 0.2) is 0 Å². The maximum Gasteiger partial charge on any atom is 0.106 e. The van der Waals surface area contributed by atoms with Gasteiger partial charge in [0.05, 0.1) is 11.9 Å². The van der Waals surface area contributed by atoms with E-state index in [9.17, 15) is 0 Å². The predicted molar refractivity (Wildman–Crippen MR) is 52.9 cm³/mol. The maximum atomic E-state index is 4.59. The van der Waals surface area contributed by atoms with E-state index < -0.39 is 0 Å². The van der Waals surface area contributed by atoms with Gasteiger partial charge in [-0.3, -0.25) is 0 Å². The Morgan fingerprint density at radius 3 is 3.00 bits per heavy atom. The zero-order valence-corrected chi connectivity index (χ0v) is 7.32. The number of aromatic amines is 1. The highest BCUT2D eigenvalue weighted by atomic mass is 16.6. The Balaban J connectivity index is 2.44. The van der Waals surface area contributed by atoms with Crippen LogP contribution in [0.2, 0.25) is 0 Å². The smallest absolute Gasteiger partial charge is 0.106 e. The SMILES string of the molecule is CO/N=C/c1cc2ccccc2[nH]1. The molecule has 0 bridgehead atoms. The molecule has 0 saturated heterocycles. The van der Waals surface area contributed by atoms with E-state index in [0.717, 1.165) is 11.2 Å². The van der Waals surface area contributed by atoms with Crippen molar-refractivity contribution in [1.82, 2.24) is 4.98 Å².